The quantitative estimate of drug-likeness (QED) is 0.560. The van der Waals surface area contributed by atoms with Crippen molar-refractivity contribution in [2.24, 2.45) is 17.8 Å². The van der Waals surface area contributed by atoms with Crippen molar-refractivity contribution in [3.05, 3.63) is 0 Å². The fourth-order valence-electron chi connectivity index (χ4n) is 2.24. The zero-order valence-electron chi connectivity index (χ0n) is 8.21. The van der Waals surface area contributed by atoms with E-state index < -0.39 is 18.1 Å². The number of esters is 2. The van der Waals surface area contributed by atoms with E-state index in [0.29, 0.717) is 11.8 Å². The van der Waals surface area contributed by atoms with Gasteiger partial charge in [-0.2, -0.15) is 13.2 Å². The first kappa shape index (κ1) is 11.4. The molecule has 0 unspecified atom stereocenters. The molecule has 0 aromatic rings. The molecule has 1 N–H and O–H groups in total. The van der Waals surface area contributed by atoms with Gasteiger partial charge in [0.25, 0.3) is 0 Å². The molecule has 7 heteroatoms. The summed E-state index contributed by atoms with van der Waals surface area (Å²) in [6.07, 6.45) is -5.20. The summed E-state index contributed by atoms with van der Waals surface area (Å²) in [4.78, 5) is 21.4. The molecular weight excluding hydrogens is 227 g/mol. The Labute approximate surface area is 89.1 Å². The lowest BCUT2D eigenvalue weighted by molar-refractivity contribution is -0.202. The number of piperidine rings is 1. The summed E-state index contributed by atoms with van der Waals surface area (Å²) >= 11 is 0. The van der Waals surface area contributed by atoms with Crippen molar-refractivity contribution < 1.29 is 27.5 Å². The van der Waals surface area contributed by atoms with Crippen LogP contribution in [0.15, 0.2) is 0 Å². The van der Waals surface area contributed by atoms with E-state index in [1.165, 1.54) is 0 Å². The summed E-state index contributed by atoms with van der Waals surface area (Å²) in [6, 6.07) is 0. The summed E-state index contributed by atoms with van der Waals surface area (Å²) in [5, 5.41) is 3.09. The van der Waals surface area contributed by atoms with Gasteiger partial charge in [-0.25, -0.2) is 4.79 Å². The summed E-state index contributed by atoms with van der Waals surface area (Å²) in [5.74, 6) is -2.72. The zero-order chi connectivity index (χ0) is 11.9. The number of alkyl halides is 3. The van der Waals surface area contributed by atoms with E-state index in [4.69, 9.17) is 0 Å². The Balaban J connectivity index is 1.75. The van der Waals surface area contributed by atoms with Crippen molar-refractivity contribution in [1.29, 1.82) is 0 Å². The second kappa shape index (κ2) is 3.73. The minimum absolute atomic E-state index is 0.0785. The maximum atomic E-state index is 11.8. The Morgan fingerprint density at radius 3 is 2.31 bits per heavy atom. The largest absolute Gasteiger partial charge is 0.491 e. The number of carbonyl (C=O) groups is 2. The fourth-order valence-corrected chi connectivity index (χ4v) is 2.24. The molecule has 1 aliphatic carbocycles. The molecule has 2 aliphatic rings. The number of hydrogen-bond donors (Lipinski definition) is 1. The molecule has 0 amide bonds. The third kappa shape index (κ3) is 2.18. The van der Waals surface area contributed by atoms with Gasteiger partial charge in [-0.1, -0.05) is 0 Å². The van der Waals surface area contributed by atoms with E-state index in [1.54, 1.807) is 0 Å². The van der Waals surface area contributed by atoms with Crippen molar-refractivity contribution in [3.8, 4) is 0 Å². The molecular formula is C9H10F3NO3. The van der Waals surface area contributed by atoms with Crippen molar-refractivity contribution in [3.63, 3.8) is 0 Å². The molecule has 2 fully saturated rings. The Bertz CT molecular complexity index is 318. The molecule has 1 heterocycles. The standard InChI is InChI=1S/C9H10F3NO3/c10-9(11,12)8(15)16-7(14)1-4-5-2-13-3-6(4)5/h4-6,13H,1-3H2/t5-,6-/m1/s1. The Kier molecular flexibility index (Phi) is 2.65. The first-order valence-corrected chi connectivity index (χ1v) is 4.92. The molecule has 16 heavy (non-hydrogen) atoms. The van der Waals surface area contributed by atoms with Crippen molar-refractivity contribution in [2.75, 3.05) is 13.1 Å². The molecule has 4 nitrogen and oxygen atoms in total. The number of hydrogen-bond acceptors (Lipinski definition) is 4. The van der Waals surface area contributed by atoms with E-state index in [9.17, 15) is 22.8 Å². The third-order valence-corrected chi connectivity index (χ3v) is 3.11. The van der Waals surface area contributed by atoms with Crippen LogP contribution in [0.3, 0.4) is 0 Å². The maximum absolute atomic E-state index is 11.8. The summed E-state index contributed by atoms with van der Waals surface area (Å²) in [6.45, 7) is 1.58. The molecule has 90 valence electrons. The number of carbonyl (C=O) groups excluding carboxylic acids is 2. The van der Waals surface area contributed by atoms with Gasteiger partial charge in [0.15, 0.2) is 0 Å². The van der Waals surface area contributed by atoms with Crippen LogP contribution in [-0.4, -0.2) is 31.2 Å². The van der Waals surface area contributed by atoms with Crippen LogP contribution in [0.1, 0.15) is 6.42 Å². The highest BCUT2D eigenvalue weighted by Crippen LogP contribution is 2.50. The molecule has 1 aliphatic heterocycles. The summed E-state index contributed by atoms with van der Waals surface area (Å²) < 4.78 is 39.0. The van der Waals surface area contributed by atoms with Crippen LogP contribution in [0.25, 0.3) is 0 Å². The molecule has 1 saturated carbocycles. The van der Waals surface area contributed by atoms with Crippen LogP contribution < -0.4 is 5.32 Å². The molecule has 0 aromatic carbocycles. The molecule has 1 saturated heterocycles. The predicted octanol–water partition coefficient (Wildman–Crippen LogP) is 0.474. The fraction of sp³-hybridized carbons (Fsp3) is 0.778. The minimum atomic E-state index is -5.10. The van der Waals surface area contributed by atoms with E-state index in [0.717, 1.165) is 13.1 Å². The summed E-state index contributed by atoms with van der Waals surface area (Å²) in [5.41, 5.74) is 0. The van der Waals surface area contributed by atoms with Crippen LogP contribution in [0.4, 0.5) is 13.2 Å². The van der Waals surface area contributed by atoms with Gasteiger partial charge in [0, 0.05) is 6.42 Å². The highest BCUT2D eigenvalue weighted by atomic mass is 19.4. The lowest BCUT2D eigenvalue weighted by Crippen LogP contribution is -2.28. The second-order valence-corrected chi connectivity index (χ2v) is 4.11. The smallest absolute Gasteiger partial charge is 0.386 e. The number of ether oxygens (including phenoxy) is 1. The predicted molar refractivity (Wildman–Crippen MR) is 45.1 cm³/mol. The lowest BCUT2D eigenvalue weighted by atomic mass is 10.2. The van der Waals surface area contributed by atoms with Gasteiger partial charge in [-0.3, -0.25) is 4.79 Å². The van der Waals surface area contributed by atoms with Gasteiger partial charge >= 0.3 is 18.1 Å². The van der Waals surface area contributed by atoms with E-state index in [2.05, 4.69) is 10.1 Å². The molecule has 0 spiro atoms. The number of nitrogens with one attached hydrogen (secondary N) is 1. The van der Waals surface area contributed by atoms with Gasteiger partial charge in [-0.15, -0.1) is 0 Å². The van der Waals surface area contributed by atoms with Crippen molar-refractivity contribution in [1.82, 2.24) is 5.32 Å². The van der Waals surface area contributed by atoms with Gasteiger partial charge in [0.05, 0.1) is 0 Å². The summed E-state index contributed by atoms with van der Waals surface area (Å²) in [7, 11) is 0. The monoisotopic (exact) mass is 237 g/mol. The van der Waals surface area contributed by atoms with Crippen LogP contribution in [0.5, 0.6) is 0 Å². The van der Waals surface area contributed by atoms with E-state index in [-0.39, 0.29) is 12.3 Å². The average Bonchev–Trinajstić information content (AvgIpc) is 2.60. The molecule has 0 bridgehead atoms. The van der Waals surface area contributed by atoms with Gasteiger partial charge in [-0.05, 0) is 30.8 Å². The van der Waals surface area contributed by atoms with Crippen LogP contribution in [0, 0.1) is 17.8 Å². The van der Waals surface area contributed by atoms with Gasteiger partial charge < -0.3 is 10.1 Å². The molecule has 0 aromatic heterocycles. The number of halogens is 3. The minimum Gasteiger partial charge on any atom is -0.386 e. The van der Waals surface area contributed by atoms with Crippen LogP contribution in [-0.2, 0) is 14.3 Å². The van der Waals surface area contributed by atoms with E-state index >= 15 is 0 Å². The van der Waals surface area contributed by atoms with Crippen molar-refractivity contribution in [2.45, 2.75) is 12.6 Å². The lowest BCUT2D eigenvalue weighted by Gasteiger charge is -2.06. The number of rotatable bonds is 2. The van der Waals surface area contributed by atoms with E-state index in [1.807, 2.05) is 0 Å². The highest BCUT2D eigenvalue weighted by Gasteiger charge is 2.54. The maximum Gasteiger partial charge on any atom is 0.491 e. The Hall–Kier alpha value is -1.11. The Morgan fingerprint density at radius 2 is 1.81 bits per heavy atom. The molecule has 2 atom stereocenters. The first-order valence-electron chi connectivity index (χ1n) is 4.92. The van der Waals surface area contributed by atoms with Crippen LogP contribution in [0.2, 0.25) is 0 Å². The third-order valence-electron chi connectivity index (χ3n) is 3.11. The Morgan fingerprint density at radius 1 is 1.25 bits per heavy atom. The zero-order valence-corrected chi connectivity index (χ0v) is 8.21. The van der Waals surface area contributed by atoms with Gasteiger partial charge in [0.2, 0.25) is 0 Å². The first-order chi connectivity index (χ1) is 7.39. The normalized spacial score (nSPS) is 32.1. The second-order valence-electron chi connectivity index (χ2n) is 4.11. The topological polar surface area (TPSA) is 55.4 Å². The average molecular weight is 237 g/mol. The highest BCUT2D eigenvalue weighted by molar-refractivity contribution is 5.88. The molecule has 2 rings (SSSR count). The van der Waals surface area contributed by atoms with Crippen molar-refractivity contribution >= 4 is 11.9 Å². The SMILES string of the molecule is O=C(CC1[C@H]2CNC[C@H]12)OC(=O)C(F)(F)F. The molecule has 0 radical (unpaired) electrons. The van der Waals surface area contributed by atoms with Crippen LogP contribution >= 0.6 is 0 Å². The number of fused-ring (bicyclic) bond motifs is 1. The van der Waals surface area contributed by atoms with Gasteiger partial charge in [0.1, 0.15) is 0 Å².